The molecule has 0 amide bonds. The molecule has 0 radical (unpaired) electrons. The van der Waals surface area contributed by atoms with Gasteiger partial charge in [0.1, 0.15) is 0 Å². The van der Waals surface area contributed by atoms with E-state index in [1.807, 2.05) is 0 Å². The second-order valence-corrected chi connectivity index (χ2v) is 10.0. The smallest absolute Gasteiger partial charge is 1.00 e. The van der Waals surface area contributed by atoms with Gasteiger partial charge in [-0.25, -0.2) is 0 Å². The monoisotopic (exact) mass is 512 g/mol. The van der Waals surface area contributed by atoms with Gasteiger partial charge >= 0.3 is 128 Å². The molecule has 2 heterocycles. The molecule has 0 saturated carbocycles. The van der Waals surface area contributed by atoms with E-state index in [-0.39, 0.29) is 9.41 Å². The Morgan fingerprint density at radius 2 is 0.935 bits per heavy atom. The number of para-hydroxylation sites is 2. The molecule has 2 saturated heterocycles. The van der Waals surface area contributed by atoms with Gasteiger partial charge in [-0.1, -0.05) is 0 Å². The maximum atomic E-state index is 4.94. The first-order valence-electron chi connectivity index (χ1n) is 10.9. The fourth-order valence-corrected chi connectivity index (χ4v) is 5.72. The van der Waals surface area contributed by atoms with Crippen molar-refractivity contribution < 1.29 is 42.7 Å². The van der Waals surface area contributed by atoms with E-state index >= 15 is 0 Å². The van der Waals surface area contributed by atoms with Crippen LogP contribution in [0.1, 0.15) is 39.5 Å². The van der Waals surface area contributed by atoms with Crippen LogP contribution in [0.3, 0.4) is 0 Å². The summed E-state index contributed by atoms with van der Waals surface area (Å²) in [7, 11) is 0. The van der Waals surface area contributed by atoms with Crippen LogP contribution < -0.4 is 15.1 Å². The summed E-state index contributed by atoms with van der Waals surface area (Å²) < 4.78 is 15.0. The number of halogens is 2. The van der Waals surface area contributed by atoms with Gasteiger partial charge in [-0.2, -0.15) is 0 Å². The molecule has 0 unspecified atom stereocenters. The molecule has 2 aliphatic heterocycles. The standard InChI is InChI=1S/2C8H10N.2C4H8O.2FH.Zr/c2*1-2-9-8-6-4-3-5-7-8;2*1-2-4-5-3-1;;;/h2*3-7H,2H2,1H3;2*1-4H2;2*1H;/q2*-1;;;;;+4/p-2. The van der Waals surface area contributed by atoms with E-state index in [1.54, 1.807) is 0 Å². The summed E-state index contributed by atoms with van der Waals surface area (Å²) in [4.78, 5) is 0. The number of ether oxygens (including phenoxy) is 2. The maximum absolute atomic E-state index is 4.94. The Labute approximate surface area is 199 Å². The Hall–Kier alpha value is -1.30. The Morgan fingerprint density at radius 3 is 1.16 bits per heavy atom. The van der Waals surface area contributed by atoms with E-state index in [9.17, 15) is 0 Å². The van der Waals surface area contributed by atoms with Gasteiger partial charge in [0.05, 0.1) is 0 Å². The van der Waals surface area contributed by atoms with Gasteiger partial charge in [-0.15, -0.1) is 0 Å². The van der Waals surface area contributed by atoms with Gasteiger partial charge in [0.15, 0.2) is 0 Å². The van der Waals surface area contributed by atoms with Crippen molar-refractivity contribution >= 4 is 11.4 Å². The summed E-state index contributed by atoms with van der Waals surface area (Å²) in [5.41, 5.74) is 2.71. The summed E-state index contributed by atoms with van der Waals surface area (Å²) in [5.74, 6) is 0. The molecule has 2 aliphatic rings. The summed E-state index contributed by atoms with van der Waals surface area (Å²) in [6.45, 7) is 10.7. The van der Waals surface area contributed by atoms with E-state index in [1.165, 1.54) is 37.1 Å². The minimum atomic E-state index is -0.806. The molecule has 4 nitrogen and oxygen atoms in total. The first kappa shape index (κ1) is 29.7. The van der Waals surface area contributed by atoms with Gasteiger partial charge < -0.3 is 18.9 Å². The van der Waals surface area contributed by atoms with Gasteiger partial charge in [-0.05, 0) is 25.7 Å². The second-order valence-electron chi connectivity index (χ2n) is 6.90. The molecule has 0 bridgehead atoms. The molecule has 2 aromatic carbocycles. The molecular formula is C24H36F2N2O2Zr. The van der Waals surface area contributed by atoms with Crippen LogP contribution in [-0.4, -0.2) is 39.5 Å². The zero-order valence-corrected chi connectivity index (χ0v) is 21.3. The Bertz CT molecular complexity index is 559. The number of nitrogens with zero attached hydrogens (tertiary/aromatic N) is 2. The van der Waals surface area contributed by atoms with Crippen LogP contribution in [0.4, 0.5) is 11.4 Å². The van der Waals surface area contributed by atoms with Crippen LogP contribution in [0.15, 0.2) is 60.7 Å². The minimum Gasteiger partial charge on any atom is -1.00 e. The molecule has 7 heteroatoms. The number of rotatable bonds is 6. The summed E-state index contributed by atoms with van der Waals surface area (Å²) in [6.07, 6.45) is 5.11. The molecule has 31 heavy (non-hydrogen) atoms. The van der Waals surface area contributed by atoms with Gasteiger partial charge in [0, 0.05) is 26.4 Å². The van der Waals surface area contributed by atoms with Crippen molar-refractivity contribution in [1.82, 2.24) is 0 Å². The first-order valence-corrected chi connectivity index (χ1v) is 13.1. The Balaban J connectivity index is 0.000000615. The van der Waals surface area contributed by atoms with Crippen molar-refractivity contribution in [3.05, 3.63) is 60.7 Å². The molecule has 2 fully saturated rings. The number of anilines is 2. The van der Waals surface area contributed by atoms with Crippen molar-refractivity contribution in [1.29, 1.82) is 0 Å². The third-order valence-electron chi connectivity index (χ3n) is 4.66. The Kier molecular flexibility index (Phi) is 18.6. The molecule has 0 aliphatic carbocycles. The summed E-state index contributed by atoms with van der Waals surface area (Å²) in [6, 6.07) is 21.5. The van der Waals surface area contributed by atoms with Gasteiger partial charge in [0.25, 0.3) is 0 Å². The van der Waals surface area contributed by atoms with E-state index in [0.717, 1.165) is 39.5 Å². The van der Waals surface area contributed by atoms with Crippen molar-refractivity contribution in [3.63, 3.8) is 0 Å². The van der Waals surface area contributed by atoms with Crippen molar-refractivity contribution in [3.8, 4) is 0 Å². The van der Waals surface area contributed by atoms with Crippen LogP contribution in [0.5, 0.6) is 0 Å². The fourth-order valence-electron chi connectivity index (χ4n) is 3.00. The Morgan fingerprint density at radius 1 is 0.613 bits per heavy atom. The summed E-state index contributed by atoms with van der Waals surface area (Å²) in [5, 5.41) is 0. The molecular weight excluding hydrogens is 477 g/mol. The van der Waals surface area contributed by atoms with Crippen molar-refractivity contribution in [2.24, 2.45) is 0 Å². The van der Waals surface area contributed by atoms with Gasteiger partial charge in [0.2, 0.25) is 0 Å². The van der Waals surface area contributed by atoms with Crippen LogP contribution in [0.25, 0.3) is 0 Å². The second kappa shape index (κ2) is 19.4. The number of benzene rings is 2. The molecule has 0 N–H and O–H groups in total. The van der Waals surface area contributed by atoms with E-state index in [4.69, 9.17) is 9.47 Å². The normalized spacial score (nSPS) is 13.7. The van der Waals surface area contributed by atoms with Crippen molar-refractivity contribution in [2.75, 3.05) is 45.2 Å². The molecule has 0 aromatic heterocycles. The minimum absolute atomic E-state index is 0. The predicted molar refractivity (Wildman–Crippen MR) is 119 cm³/mol. The van der Waals surface area contributed by atoms with Gasteiger partial charge in [-0.3, -0.25) is 0 Å². The third-order valence-corrected chi connectivity index (χ3v) is 8.68. The molecule has 2 aromatic rings. The topological polar surface area (TPSA) is 24.9 Å². The van der Waals surface area contributed by atoms with Crippen molar-refractivity contribution in [2.45, 2.75) is 39.5 Å². The van der Waals surface area contributed by atoms with E-state index < -0.39 is 23.8 Å². The third kappa shape index (κ3) is 12.4. The zero-order chi connectivity index (χ0) is 20.6. The molecule has 0 spiro atoms. The predicted octanol–water partition coefficient (Wildman–Crippen LogP) is -0.446. The zero-order valence-electron chi connectivity index (χ0n) is 18.8. The molecule has 172 valence electrons. The van der Waals surface area contributed by atoms with Crippen LogP contribution in [-0.2, 0) is 33.3 Å². The number of hydrogen-bond acceptors (Lipinski definition) is 4. The van der Waals surface area contributed by atoms with Crippen LogP contribution in [0, 0.1) is 0 Å². The van der Waals surface area contributed by atoms with E-state index in [2.05, 4.69) is 80.2 Å². The molecule has 4 rings (SSSR count). The average Bonchev–Trinajstić information content (AvgIpc) is 3.55. The average molecular weight is 514 g/mol. The summed E-state index contributed by atoms with van der Waals surface area (Å²) >= 11 is -0.806. The van der Waals surface area contributed by atoms with Crippen LogP contribution in [0.2, 0.25) is 0 Å². The largest absolute Gasteiger partial charge is 1.00 e. The quantitative estimate of drug-likeness (QED) is 0.523. The number of hydrogen-bond donors (Lipinski definition) is 0. The SMILES string of the molecule is C1CCOC1.C1CCOC1.CC[N]([Zr+2][N](CC)c1ccccc1)c1ccccc1.[F-].[F-]. The maximum Gasteiger partial charge on any atom is -1.00 e. The molecule has 0 atom stereocenters. The van der Waals surface area contributed by atoms with E-state index in [0.29, 0.717) is 0 Å². The fraction of sp³-hybridized carbons (Fsp3) is 0.500. The first-order chi connectivity index (χ1) is 14.3. The van der Waals surface area contributed by atoms with Crippen LogP contribution >= 0.6 is 0 Å².